The molecule has 0 aliphatic heterocycles. The van der Waals surface area contributed by atoms with Crippen molar-refractivity contribution in [2.24, 2.45) is 5.92 Å². The van der Waals surface area contributed by atoms with Gasteiger partial charge in [-0.15, -0.1) is 11.3 Å². The van der Waals surface area contributed by atoms with Crippen LogP contribution in [0.1, 0.15) is 85.7 Å². The van der Waals surface area contributed by atoms with Gasteiger partial charge in [-0.05, 0) is 57.9 Å². The van der Waals surface area contributed by atoms with E-state index in [2.05, 4.69) is 19.3 Å². The smallest absolute Gasteiger partial charge is 0.0962 e. The maximum absolute atomic E-state index is 5.12. The second-order valence-electron chi connectivity index (χ2n) is 7.01. The van der Waals surface area contributed by atoms with Crippen LogP contribution in [0.25, 0.3) is 0 Å². The molecule has 1 aromatic rings. The van der Waals surface area contributed by atoms with E-state index in [4.69, 9.17) is 4.98 Å². The Kier molecular flexibility index (Phi) is 5.33. The number of aryl methyl sites for hydroxylation is 1. The van der Waals surface area contributed by atoms with E-state index >= 15 is 0 Å². The lowest BCUT2D eigenvalue weighted by molar-refractivity contribution is 0.307. The van der Waals surface area contributed by atoms with Crippen molar-refractivity contribution in [3.63, 3.8) is 0 Å². The van der Waals surface area contributed by atoms with Gasteiger partial charge in [-0.1, -0.05) is 19.8 Å². The Labute approximate surface area is 133 Å². The fourth-order valence-electron chi connectivity index (χ4n) is 4.25. The lowest BCUT2D eigenvalue weighted by atomic mass is 9.80. The Morgan fingerprint density at radius 3 is 2.71 bits per heavy atom. The first-order valence-corrected chi connectivity index (χ1v) is 9.77. The maximum atomic E-state index is 5.12. The molecule has 1 saturated carbocycles. The van der Waals surface area contributed by atoms with Gasteiger partial charge in [0.05, 0.1) is 10.7 Å². The molecule has 2 aliphatic carbocycles. The van der Waals surface area contributed by atoms with Crippen LogP contribution in [-0.2, 0) is 6.42 Å². The van der Waals surface area contributed by atoms with E-state index in [9.17, 15) is 0 Å². The lowest BCUT2D eigenvalue weighted by Crippen LogP contribution is -2.21. The van der Waals surface area contributed by atoms with Gasteiger partial charge in [0.15, 0.2) is 0 Å². The lowest BCUT2D eigenvalue weighted by Gasteiger charge is -2.27. The molecule has 118 valence electrons. The van der Waals surface area contributed by atoms with Crippen molar-refractivity contribution in [1.82, 2.24) is 10.3 Å². The normalized spacial score (nSPS) is 29.3. The topological polar surface area (TPSA) is 24.9 Å². The van der Waals surface area contributed by atoms with Crippen LogP contribution in [0, 0.1) is 5.92 Å². The number of thiazole rings is 1. The number of nitrogens with one attached hydrogen (secondary N) is 1. The molecule has 1 N–H and O–H groups in total. The second-order valence-corrected chi connectivity index (χ2v) is 8.13. The highest BCUT2D eigenvalue weighted by atomic mass is 32.1. The molecular weight excluding hydrogens is 276 g/mol. The molecular formula is C18H30N2S. The third-order valence-corrected chi connectivity index (χ3v) is 6.72. The first-order chi connectivity index (χ1) is 10.3. The van der Waals surface area contributed by atoms with Crippen molar-refractivity contribution in [2.45, 2.75) is 76.5 Å². The maximum Gasteiger partial charge on any atom is 0.0962 e. The van der Waals surface area contributed by atoms with Crippen molar-refractivity contribution in [3.8, 4) is 0 Å². The summed E-state index contributed by atoms with van der Waals surface area (Å²) in [6.45, 7) is 3.42. The van der Waals surface area contributed by atoms with Crippen LogP contribution >= 0.6 is 11.3 Å². The number of fused-ring (bicyclic) bond motifs is 1. The first kappa shape index (κ1) is 15.5. The molecule has 0 bridgehead atoms. The van der Waals surface area contributed by atoms with Crippen molar-refractivity contribution in [3.05, 3.63) is 15.6 Å². The van der Waals surface area contributed by atoms with E-state index in [1.807, 2.05) is 11.3 Å². The zero-order valence-electron chi connectivity index (χ0n) is 13.7. The van der Waals surface area contributed by atoms with E-state index in [1.54, 1.807) is 4.88 Å². The molecule has 21 heavy (non-hydrogen) atoms. The van der Waals surface area contributed by atoms with Gasteiger partial charge in [0.1, 0.15) is 0 Å². The van der Waals surface area contributed by atoms with Crippen molar-refractivity contribution in [2.75, 3.05) is 13.6 Å². The number of rotatable bonds is 5. The van der Waals surface area contributed by atoms with Crippen LogP contribution in [-0.4, -0.2) is 18.6 Å². The number of nitrogens with zero attached hydrogens (tertiary/aromatic N) is 1. The Morgan fingerprint density at radius 2 is 2.00 bits per heavy atom. The Morgan fingerprint density at radius 1 is 1.19 bits per heavy atom. The van der Waals surface area contributed by atoms with Gasteiger partial charge >= 0.3 is 0 Å². The predicted octanol–water partition coefficient (Wildman–Crippen LogP) is 4.86. The van der Waals surface area contributed by atoms with Crippen LogP contribution < -0.4 is 5.32 Å². The molecule has 3 rings (SSSR count). The molecule has 1 atom stereocenters. The molecule has 0 radical (unpaired) electrons. The monoisotopic (exact) mass is 306 g/mol. The number of aromatic nitrogens is 1. The third-order valence-electron chi connectivity index (χ3n) is 5.43. The molecule has 0 spiro atoms. The predicted molar refractivity (Wildman–Crippen MR) is 91.3 cm³/mol. The largest absolute Gasteiger partial charge is 0.319 e. The number of hydrogen-bond acceptors (Lipinski definition) is 3. The van der Waals surface area contributed by atoms with Gasteiger partial charge < -0.3 is 5.32 Å². The molecule has 0 amide bonds. The Hall–Kier alpha value is -0.410. The second kappa shape index (κ2) is 7.23. The molecule has 1 heterocycles. The van der Waals surface area contributed by atoms with Gasteiger partial charge in [0, 0.05) is 23.3 Å². The van der Waals surface area contributed by atoms with Crippen LogP contribution in [0.3, 0.4) is 0 Å². The van der Waals surface area contributed by atoms with Gasteiger partial charge in [-0.3, -0.25) is 0 Å². The fraction of sp³-hybridized carbons (Fsp3) is 0.833. The minimum Gasteiger partial charge on any atom is -0.319 e. The minimum absolute atomic E-state index is 0.667. The van der Waals surface area contributed by atoms with Crippen LogP contribution in [0.5, 0.6) is 0 Å². The molecule has 0 aromatic carbocycles. The molecule has 2 nitrogen and oxygen atoms in total. The summed E-state index contributed by atoms with van der Waals surface area (Å²) in [6.07, 6.45) is 12.4. The average molecular weight is 307 g/mol. The summed E-state index contributed by atoms with van der Waals surface area (Å²) in [5, 5.41) is 4.82. The van der Waals surface area contributed by atoms with Crippen molar-refractivity contribution in [1.29, 1.82) is 0 Å². The third kappa shape index (κ3) is 3.50. The van der Waals surface area contributed by atoms with Crippen LogP contribution in [0.4, 0.5) is 0 Å². The average Bonchev–Trinajstić information content (AvgIpc) is 2.94. The zero-order chi connectivity index (χ0) is 14.7. The van der Waals surface area contributed by atoms with E-state index in [1.165, 1.54) is 68.5 Å². The van der Waals surface area contributed by atoms with Crippen LogP contribution in [0.15, 0.2) is 0 Å². The summed E-state index contributed by atoms with van der Waals surface area (Å²) >= 11 is 2.05. The van der Waals surface area contributed by atoms with E-state index in [0.717, 1.165) is 18.4 Å². The van der Waals surface area contributed by atoms with Gasteiger partial charge in [-0.2, -0.15) is 0 Å². The van der Waals surface area contributed by atoms with Gasteiger partial charge in [-0.25, -0.2) is 4.98 Å². The molecule has 1 unspecified atom stereocenters. The van der Waals surface area contributed by atoms with Gasteiger partial charge in [0.2, 0.25) is 0 Å². The summed E-state index contributed by atoms with van der Waals surface area (Å²) in [7, 11) is 2.07. The fourth-order valence-corrected chi connectivity index (χ4v) is 5.61. The van der Waals surface area contributed by atoms with Gasteiger partial charge in [0.25, 0.3) is 0 Å². The molecule has 0 saturated heterocycles. The molecule has 2 aliphatic rings. The Balaban J connectivity index is 1.67. The number of hydrogen-bond donors (Lipinski definition) is 1. The van der Waals surface area contributed by atoms with E-state index in [-0.39, 0.29) is 0 Å². The Bertz CT molecular complexity index is 446. The summed E-state index contributed by atoms with van der Waals surface area (Å²) in [4.78, 5) is 6.73. The standard InChI is InChI=1S/C18H30N2S/c1-3-5-13-8-10-14(11-9-13)18-20-17-15(12-19-2)6-4-7-16(17)21-18/h13-15,19H,3-12H2,1-2H3. The highest BCUT2D eigenvalue weighted by molar-refractivity contribution is 7.11. The molecule has 3 heteroatoms. The summed E-state index contributed by atoms with van der Waals surface area (Å²) in [5.74, 6) is 2.43. The summed E-state index contributed by atoms with van der Waals surface area (Å²) < 4.78 is 0. The summed E-state index contributed by atoms with van der Waals surface area (Å²) in [5.41, 5.74) is 1.45. The molecule has 1 fully saturated rings. The first-order valence-electron chi connectivity index (χ1n) is 8.95. The van der Waals surface area contributed by atoms with Crippen molar-refractivity contribution >= 4 is 11.3 Å². The number of likely N-dealkylation sites (N-methyl/N-ethyl adjacent to an activating group) is 1. The SMILES string of the molecule is CCCC1CCC(c2nc3c(s2)CCCC3CNC)CC1. The van der Waals surface area contributed by atoms with Crippen molar-refractivity contribution < 1.29 is 0 Å². The van der Waals surface area contributed by atoms with E-state index in [0.29, 0.717) is 5.92 Å². The minimum atomic E-state index is 0.667. The highest BCUT2D eigenvalue weighted by Crippen LogP contribution is 2.42. The van der Waals surface area contributed by atoms with E-state index < -0.39 is 0 Å². The van der Waals surface area contributed by atoms with Crippen LogP contribution in [0.2, 0.25) is 0 Å². The quantitative estimate of drug-likeness (QED) is 0.840. The zero-order valence-corrected chi connectivity index (χ0v) is 14.5. The highest BCUT2D eigenvalue weighted by Gasteiger charge is 2.29. The summed E-state index contributed by atoms with van der Waals surface area (Å²) in [6, 6.07) is 0. The molecule has 1 aromatic heterocycles.